The summed E-state index contributed by atoms with van der Waals surface area (Å²) in [5, 5.41) is 0.870. The van der Waals surface area contributed by atoms with Crippen LogP contribution in [0, 0.1) is 20.8 Å². The van der Waals surface area contributed by atoms with Gasteiger partial charge in [0.1, 0.15) is 15.9 Å². The molecule has 0 saturated carbocycles. The van der Waals surface area contributed by atoms with Crippen molar-refractivity contribution in [3.05, 3.63) is 98.8 Å². The van der Waals surface area contributed by atoms with E-state index in [2.05, 4.69) is 13.7 Å². The van der Waals surface area contributed by atoms with Gasteiger partial charge in [-0.2, -0.15) is 13.1 Å². The maximum atomic E-state index is 14.0. The molecule has 0 saturated heterocycles. The molecule has 0 unspecified atom stereocenters. The van der Waals surface area contributed by atoms with Crippen LogP contribution in [0.3, 0.4) is 0 Å². The molecule has 3 aromatic carbocycles. The zero-order chi connectivity index (χ0) is 25.4. The van der Waals surface area contributed by atoms with Gasteiger partial charge in [0.2, 0.25) is 10.0 Å². The quantitative estimate of drug-likeness (QED) is 0.331. The van der Waals surface area contributed by atoms with Gasteiger partial charge in [-0.1, -0.05) is 35.9 Å². The highest BCUT2D eigenvalue weighted by atomic mass is 32.2. The van der Waals surface area contributed by atoms with Crippen molar-refractivity contribution in [2.24, 2.45) is 0 Å². The number of rotatable bonds is 7. The van der Waals surface area contributed by atoms with Gasteiger partial charge >= 0.3 is 0 Å². The van der Waals surface area contributed by atoms with Crippen LogP contribution in [0.15, 0.2) is 70.4 Å². The molecule has 5 rings (SSSR count). The first-order valence-electron chi connectivity index (χ1n) is 11.6. The minimum atomic E-state index is -3.98. The van der Waals surface area contributed by atoms with Gasteiger partial charge in [0.25, 0.3) is 5.56 Å². The number of aromatic nitrogens is 3. The Morgan fingerprint density at radius 2 is 1.72 bits per heavy atom. The van der Waals surface area contributed by atoms with E-state index < -0.39 is 10.0 Å². The smallest absolute Gasteiger partial charge is 0.252 e. The lowest BCUT2D eigenvalue weighted by molar-refractivity contribution is 0.408. The highest BCUT2D eigenvalue weighted by Crippen LogP contribution is 2.26. The second kappa shape index (κ2) is 9.57. The molecule has 2 aromatic heterocycles. The second-order valence-corrected chi connectivity index (χ2v) is 11.5. The van der Waals surface area contributed by atoms with Gasteiger partial charge in [-0.05, 0) is 79.6 Å². The number of pyridine rings is 1. The first-order valence-corrected chi connectivity index (χ1v) is 13.8. The molecule has 0 aliphatic carbocycles. The van der Waals surface area contributed by atoms with E-state index in [0.717, 1.165) is 44.9 Å². The van der Waals surface area contributed by atoms with Crippen LogP contribution in [-0.2, 0) is 23.0 Å². The van der Waals surface area contributed by atoms with Crippen LogP contribution in [0.1, 0.15) is 27.8 Å². The number of hydrogen-bond acceptors (Lipinski definition) is 6. The zero-order valence-corrected chi connectivity index (χ0v) is 21.9. The molecule has 184 valence electrons. The molecule has 36 heavy (non-hydrogen) atoms. The van der Waals surface area contributed by atoms with Gasteiger partial charge in [0, 0.05) is 24.2 Å². The second-order valence-electron chi connectivity index (χ2n) is 9.11. The molecule has 0 aliphatic heterocycles. The molecule has 0 radical (unpaired) electrons. The molecule has 7 nitrogen and oxygen atoms in total. The largest absolute Gasteiger partial charge is 0.322 e. The summed E-state index contributed by atoms with van der Waals surface area (Å²) in [6, 6.07) is 18.7. The zero-order valence-electron chi connectivity index (χ0n) is 20.3. The van der Waals surface area contributed by atoms with Gasteiger partial charge in [-0.15, -0.1) is 0 Å². The Labute approximate surface area is 213 Å². The third kappa shape index (κ3) is 4.69. The van der Waals surface area contributed by atoms with E-state index in [1.807, 2.05) is 57.2 Å². The summed E-state index contributed by atoms with van der Waals surface area (Å²) in [5.74, 6) is 0. The Balaban J connectivity index is 1.57. The van der Waals surface area contributed by atoms with Crippen LogP contribution in [0.25, 0.3) is 21.9 Å². The number of nitrogens with zero attached hydrogens (tertiary/aromatic N) is 3. The van der Waals surface area contributed by atoms with Crippen molar-refractivity contribution in [2.45, 2.75) is 38.6 Å². The maximum Gasteiger partial charge on any atom is 0.252 e. The van der Waals surface area contributed by atoms with Crippen molar-refractivity contribution in [3.8, 4) is 0 Å². The van der Waals surface area contributed by atoms with Crippen LogP contribution >= 0.6 is 11.7 Å². The van der Waals surface area contributed by atoms with Crippen molar-refractivity contribution in [3.63, 3.8) is 0 Å². The van der Waals surface area contributed by atoms with Crippen molar-refractivity contribution in [1.82, 2.24) is 18.0 Å². The van der Waals surface area contributed by atoms with Crippen molar-refractivity contribution in [1.29, 1.82) is 0 Å². The molecule has 0 fully saturated rings. The van der Waals surface area contributed by atoms with Crippen LogP contribution in [0.4, 0.5) is 0 Å². The highest BCUT2D eigenvalue weighted by molar-refractivity contribution is 7.89. The normalized spacial score (nSPS) is 12.1. The molecule has 1 N–H and O–H groups in total. The lowest BCUT2D eigenvalue weighted by atomic mass is 10.0. The van der Waals surface area contributed by atoms with Crippen LogP contribution in [0.2, 0.25) is 0 Å². The summed E-state index contributed by atoms with van der Waals surface area (Å²) in [7, 11) is -3.98. The number of aromatic amines is 1. The third-order valence-electron chi connectivity index (χ3n) is 6.48. The first kappa shape index (κ1) is 24.3. The van der Waals surface area contributed by atoms with Gasteiger partial charge in [-0.25, -0.2) is 8.42 Å². The van der Waals surface area contributed by atoms with Gasteiger partial charge in [-0.3, -0.25) is 4.79 Å². The summed E-state index contributed by atoms with van der Waals surface area (Å²) in [4.78, 5) is 16.1. The molecule has 0 aliphatic rings. The Hall–Kier alpha value is -3.40. The van der Waals surface area contributed by atoms with Gasteiger partial charge < -0.3 is 4.98 Å². The average Bonchev–Trinajstić information content (AvgIpc) is 3.32. The minimum absolute atomic E-state index is 0.0553. The first-order chi connectivity index (χ1) is 17.2. The number of H-pyrrole nitrogens is 1. The lowest BCUT2D eigenvalue weighted by Gasteiger charge is -2.22. The maximum absolute atomic E-state index is 14.0. The minimum Gasteiger partial charge on any atom is -0.322 e. The van der Waals surface area contributed by atoms with E-state index in [9.17, 15) is 13.2 Å². The van der Waals surface area contributed by atoms with E-state index >= 15 is 0 Å². The SMILES string of the molecule is Cc1cccc(CCN(Cc2cc3cc(C)c(C)cc3[nH]c2=O)S(=O)(=O)c2cccc3nsnc23)c1. The number of aryl methyl sites for hydroxylation is 3. The fourth-order valence-corrected chi connectivity index (χ4v) is 6.54. The van der Waals surface area contributed by atoms with Crippen LogP contribution in [0.5, 0.6) is 0 Å². The number of fused-ring (bicyclic) bond motifs is 2. The Morgan fingerprint density at radius 1 is 0.944 bits per heavy atom. The molecule has 9 heteroatoms. The number of hydrogen-bond donors (Lipinski definition) is 1. The lowest BCUT2D eigenvalue weighted by Crippen LogP contribution is -2.34. The van der Waals surface area contributed by atoms with E-state index in [1.165, 1.54) is 4.31 Å². The molecule has 5 aromatic rings. The molecule has 0 spiro atoms. The van der Waals surface area contributed by atoms with E-state index in [4.69, 9.17) is 0 Å². The predicted octanol–water partition coefficient (Wildman–Crippen LogP) is 4.89. The van der Waals surface area contributed by atoms with Crippen molar-refractivity contribution in [2.75, 3.05) is 6.54 Å². The fraction of sp³-hybridized carbons (Fsp3) is 0.222. The summed E-state index contributed by atoms with van der Waals surface area (Å²) >= 11 is 0.979. The van der Waals surface area contributed by atoms with Crippen molar-refractivity contribution >= 4 is 43.7 Å². The molecule has 0 atom stereocenters. The van der Waals surface area contributed by atoms with E-state index in [-0.39, 0.29) is 23.5 Å². The average molecular weight is 519 g/mol. The standard InChI is InChI=1S/C27H26N4O3S2/c1-17-6-4-7-20(12-17)10-11-31(36(33,34)25-9-5-8-23-26(25)30-35-29-23)16-22-15-21-13-18(2)19(3)14-24(21)28-27(22)32/h4-9,12-15H,10-11,16H2,1-3H3,(H,28,32). The molecule has 0 amide bonds. The predicted molar refractivity (Wildman–Crippen MR) is 144 cm³/mol. The topological polar surface area (TPSA) is 96.0 Å². The van der Waals surface area contributed by atoms with Gasteiger partial charge in [0.15, 0.2) is 0 Å². The van der Waals surface area contributed by atoms with Crippen LogP contribution in [-0.4, -0.2) is 33.0 Å². The summed E-state index contributed by atoms with van der Waals surface area (Å²) < 4.78 is 37.7. The Bertz CT molecular complexity index is 1760. The Kier molecular flexibility index (Phi) is 6.46. The summed E-state index contributed by atoms with van der Waals surface area (Å²) in [6.07, 6.45) is 0.510. The highest BCUT2D eigenvalue weighted by Gasteiger charge is 2.28. The molecular formula is C27H26N4O3S2. The van der Waals surface area contributed by atoms with Crippen molar-refractivity contribution < 1.29 is 8.42 Å². The molecular weight excluding hydrogens is 492 g/mol. The molecule has 2 heterocycles. The summed E-state index contributed by atoms with van der Waals surface area (Å²) in [5.41, 5.74) is 6.04. The summed E-state index contributed by atoms with van der Waals surface area (Å²) in [6.45, 7) is 6.17. The van der Waals surface area contributed by atoms with Crippen LogP contribution < -0.4 is 5.56 Å². The number of nitrogens with one attached hydrogen (secondary N) is 1. The third-order valence-corrected chi connectivity index (χ3v) is 8.90. The van der Waals surface area contributed by atoms with E-state index in [0.29, 0.717) is 23.0 Å². The molecule has 0 bridgehead atoms. The number of sulfonamides is 1. The monoisotopic (exact) mass is 518 g/mol. The van der Waals surface area contributed by atoms with E-state index in [1.54, 1.807) is 24.3 Å². The fourth-order valence-electron chi connectivity index (χ4n) is 4.36. The number of benzene rings is 3. The van der Waals surface area contributed by atoms with Gasteiger partial charge in [0.05, 0.1) is 11.7 Å². The Morgan fingerprint density at radius 3 is 2.53 bits per heavy atom.